The van der Waals surface area contributed by atoms with Crippen molar-refractivity contribution < 1.29 is 0 Å². The predicted octanol–water partition coefficient (Wildman–Crippen LogP) is 3.20. The van der Waals surface area contributed by atoms with E-state index in [-0.39, 0.29) is 0 Å². The molecule has 0 radical (unpaired) electrons. The molecule has 1 aliphatic heterocycles. The summed E-state index contributed by atoms with van der Waals surface area (Å²) in [4.78, 5) is 0. The van der Waals surface area contributed by atoms with Crippen LogP contribution >= 0.6 is 0 Å². The molecule has 1 saturated carbocycles. The predicted molar refractivity (Wildman–Crippen MR) is 61.3 cm³/mol. The lowest BCUT2D eigenvalue weighted by atomic mass is 9.73. The third-order valence-electron chi connectivity index (χ3n) is 4.47. The van der Waals surface area contributed by atoms with Gasteiger partial charge in [-0.3, -0.25) is 0 Å². The monoisotopic (exact) mass is 195 g/mol. The van der Waals surface area contributed by atoms with Crippen LogP contribution in [0.2, 0.25) is 0 Å². The minimum atomic E-state index is 1.02. The van der Waals surface area contributed by atoms with Crippen LogP contribution in [0.15, 0.2) is 0 Å². The molecule has 0 aromatic rings. The van der Waals surface area contributed by atoms with E-state index in [0.717, 1.165) is 17.8 Å². The van der Waals surface area contributed by atoms with Gasteiger partial charge in [0.15, 0.2) is 0 Å². The van der Waals surface area contributed by atoms with Crippen molar-refractivity contribution in [3.8, 4) is 0 Å². The summed E-state index contributed by atoms with van der Waals surface area (Å²) in [5.41, 5.74) is 0. The Labute approximate surface area is 88.7 Å². The Morgan fingerprint density at radius 2 is 1.79 bits per heavy atom. The Morgan fingerprint density at radius 1 is 1.00 bits per heavy atom. The van der Waals surface area contributed by atoms with Gasteiger partial charge in [-0.15, -0.1) is 0 Å². The van der Waals surface area contributed by atoms with Gasteiger partial charge in [0.2, 0.25) is 0 Å². The fourth-order valence-corrected chi connectivity index (χ4v) is 3.35. The summed E-state index contributed by atoms with van der Waals surface area (Å²) in [6, 6.07) is 0. The Hall–Kier alpha value is -0.0400. The van der Waals surface area contributed by atoms with Gasteiger partial charge in [0.25, 0.3) is 0 Å². The van der Waals surface area contributed by atoms with Crippen LogP contribution in [0.3, 0.4) is 0 Å². The quantitative estimate of drug-likeness (QED) is 0.713. The number of rotatable bonds is 2. The lowest BCUT2D eigenvalue weighted by Gasteiger charge is -2.35. The van der Waals surface area contributed by atoms with Gasteiger partial charge in [-0.25, -0.2) is 0 Å². The first-order valence-corrected chi connectivity index (χ1v) is 6.61. The molecule has 1 saturated heterocycles. The molecule has 1 heteroatoms. The Balaban J connectivity index is 1.76. The summed E-state index contributed by atoms with van der Waals surface area (Å²) >= 11 is 0. The highest BCUT2D eigenvalue weighted by atomic mass is 14.9. The molecule has 1 N–H and O–H groups in total. The second-order valence-corrected chi connectivity index (χ2v) is 5.30. The standard InChI is InChI=1S/C13H25N/c1-2-11-5-7-12(8-6-11)13-4-3-9-14-10-13/h11-14H,2-10H2,1H3. The van der Waals surface area contributed by atoms with E-state index < -0.39 is 0 Å². The molecule has 0 aromatic carbocycles. The molecule has 1 unspecified atom stereocenters. The van der Waals surface area contributed by atoms with Crippen molar-refractivity contribution >= 4 is 0 Å². The van der Waals surface area contributed by atoms with Crippen molar-refractivity contribution in [3.05, 3.63) is 0 Å². The van der Waals surface area contributed by atoms with Crippen molar-refractivity contribution in [1.82, 2.24) is 5.32 Å². The van der Waals surface area contributed by atoms with E-state index in [9.17, 15) is 0 Å². The topological polar surface area (TPSA) is 12.0 Å². The van der Waals surface area contributed by atoms with Crippen LogP contribution in [0.5, 0.6) is 0 Å². The van der Waals surface area contributed by atoms with Gasteiger partial charge in [-0.2, -0.15) is 0 Å². The molecule has 1 aliphatic carbocycles. The molecule has 2 fully saturated rings. The molecular weight excluding hydrogens is 170 g/mol. The average molecular weight is 195 g/mol. The summed E-state index contributed by atoms with van der Waals surface area (Å²) in [5, 5.41) is 3.56. The fraction of sp³-hybridized carbons (Fsp3) is 1.00. The second-order valence-electron chi connectivity index (χ2n) is 5.30. The smallest absolute Gasteiger partial charge is 0.00179 e. The Morgan fingerprint density at radius 3 is 2.36 bits per heavy atom. The molecule has 82 valence electrons. The van der Waals surface area contributed by atoms with Gasteiger partial charge >= 0.3 is 0 Å². The zero-order chi connectivity index (χ0) is 9.80. The molecule has 1 atom stereocenters. The van der Waals surface area contributed by atoms with Crippen molar-refractivity contribution in [2.75, 3.05) is 13.1 Å². The molecule has 14 heavy (non-hydrogen) atoms. The fourth-order valence-electron chi connectivity index (χ4n) is 3.35. The molecule has 0 bridgehead atoms. The van der Waals surface area contributed by atoms with Crippen LogP contribution in [0, 0.1) is 17.8 Å². The van der Waals surface area contributed by atoms with E-state index in [1.165, 1.54) is 58.0 Å². The summed E-state index contributed by atoms with van der Waals surface area (Å²) in [5.74, 6) is 3.13. The maximum atomic E-state index is 3.56. The molecule has 0 spiro atoms. The molecule has 2 aliphatic rings. The van der Waals surface area contributed by atoms with Gasteiger partial charge in [0.1, 0.15) is 0 Å². The van der Waals surface area contributed by atoms with Crippen molar-refractivity contribution in [2.45, 2.75) is 51.9 Å². The minimum Gasteiger partial charge on any atom is -0.316 e. The highest BCUT2D eigenvalue weighted by Gasteiger charge is 2.27. The van der Waals surface area contributed by atoms with Crippen molar-refractivity contribution in [3.63, 3.8) is 0 Å². The van der Waals surface area contributed by atoms with E-state index in [2.05, 4.69) is 12.2 Å². The average Bonchev–Trinajstić information content (AvgIpc) is 2.30. The molecule has 1 heterocycles. The van der Waals surface area contributed by atoms with Crippen LogP contribution in [0.4, 0.5) is 0 Å². The van der Waals surface area contributed by atoms with Crippen LogP contribution in [0.25, 0.3) is 0 Å². The third kappa shape index (κ3) is 2.50. The van der Waals surface area contributed by atoms with Gasteiger partial charge in [0.05, 0.1) is 0 Å². The highest BCUT2D eigenvalue weighted by Crippen LogP contribution is 2.36. The number of hydrogen-bond acceptors (Lipinski definition) is 1. The molecule has 0 amide bonds. The van der Waals surface area contributed by atoms with Gasteiger partial charge < -0.3 is 5.32 Å². The minimum absolute atomic E-state index is 1.02. The van der Waals surface area contributed by atoms with E-state index in [1.807, 2.05) is 0 Å². The SMILES string of the molecule is CCC1CCC(C2CCCNC2)CC1. The van der Waals surface area contributed by atoms with Crippen LogP contribution in [-0.4, -0.2) is 13.1 Å². The maximum Gasteiger partial charge on any atom is -0.00179 e. The molecule has 1 nitrogen and oxygen atoms in total. The Kier molecular flexibility index (Phi) is 3.86. The lowest BCUT2D eigenvalue weighted by Crippen LogP contribution is -2.35. The van der Waals surface area contributed by atoms with Crippen LogP contribution in [0.1, 0.15) is 51.9 Å². The molecule has 2 rings (SSSR count). The first kappa shape index (κ1) is 10.5. The molecular formula is C13H25N. The summed E-state index contributed by atoms with van der Waals surface area (Å²) < 4.78 is 0. The first-order valence-electron chi connectivity index (χ1n) is 6.61. The second kappa shape index (κ2) is 5.16. The largest absolute Gasteiger partial charge is 0.316 e. The Bertz CT molecular complexity index is 153. The number of piperidine rings is 1. The third-order valence-corrected chi connectivity index (χ3v) is 4.47. The lowest BCUT2D eigenvalue weighted by molar-refractivity contribution is 0.174. The first-order chi connectivity index (χ1) is 6.90. The number of hydrogen-bond donors (Lipinski definition) is 1. The summed E-state index contributed by atoms with van der Waals surface area (Å²) in [6.45, 7) is 4.93. The van der Waals surface area contributed by atoms with Gasteiger partial charge in [-0.1, -0.05) is 26.2 Å². The summed E-state index contributed by atoms with van der Waals surface area (Å²) in [6.07, 6.45) is 10.4. The zero-order valence-electron chi connectivity index (χ0n) is 9.60. The summed E-state index contributed by atoms with van der Waals surface area (Å²) in [7, 11) is 0. The van der Waals surface area contributed by atoms with Gasteiger partial charge in [0, 0.05) is 0 Å². The van der Waals surface area contributed by atoms with Crippen LogP contribution in [-0.2, 0) is 0 Å². The van der Waals surface area contributed by atoms with E-state index >= 15 is 0 Å². The van der Waals surface area contributed by atoms with E-state index in [0.29, 0.717) is 0 Å². The zero-order valence-corrected chi connectivity index (χ0v) is 9.60. The highest BCUT2D eigenvalue weighted by molar-refractivity contribution is 4.80. The maximum absolute atomic E-state index is 3.56. The van der Waals surface area contributed by atoms with Gasteiger partial charge in [-0.05, 0) is 56.5 Å². The van der Waals surface area contributed by atoms with Crippen molar-refractivity contribution in [1.29, 1.82) is 0 Å². The van der Waals surface area contributed by atoms with E-state index in [1.54, 1.807) is 0 Å². The molecule has 0 aromatic heterocycles. The number of nitrogens with one attached hydrogen (secondary N) is 1. The van der Waals surface area contributed by atoms with E-state index in [4.69, 9.17) is 0 Å². The van der Waals surface area contributed by atoms with Crippen molar-refractivity contribution in [2.24, 2.45) is 17.8 Å². The van der Waals surface area contributed by atoms with Crippen LogP contribution < -0.4 is 5.32 Å². The normalized spacial score (nSPS) is 39.6.